The summed E-state index contributed by atoms with van der Waals surface area (Å²) in [5.74, 6) is -0.962. The Kier molecular flexibility index (Phi) is 9.02. The molecular formula is C32H34ClFN2O5. The first-order chi connectivity index (χ1) is 19.5. The van der Waals surface area contributed by atoms with Crippen molar-refractivity contribution in [1.29, 1.82) is 0 Å². The molecule has 2 amide bonds. The average Bonchev–Trinajstić information content (AvgIpc) is 2.94. The Labute approximate surface area is 244 Å². The number of carbonyl (C=O) groups is 3. The molecule has 0 radical (unpaired) electrons. The van der Waals surface area contributed by atoms with E-state index in [1.807, 2.05) is 6.92 Å². The smallest absolute Gasteiger partial charge is 0.349 e. The Morgan fingerprint density at radius 3 is 2.29 bits per heavy atom. The molecule has 216 valence electrons. The zero-order valence-corrected chi connectivity index (χ0v) is 24.6. The molecule has 0 aromatic heterocycles. The molecule has 1 aliphatic heterocycles. The molecule has 0 unspecified atom stereocenters. The van der Waals surface area contributed by atoms with Crippen molar-refractivity contribution in [3.05, 3.63) is 88.7 Å². The maximum Gasteiger partial charge on any atom is 0.349 e. The fourth-order valence-corrected chi connectivity index (χ4v) is 5.20. The molecule has 0 aliphatic carbocycles. The largest absolute Gasteiger partial charge is 0.476 e. The van der Waals surface area contributed by atoms with Gasteiger partial charge in [0.15, 0.2) is 5.60 Å². The van der Waals surface area contributed by atoms with Crippen molar-refractivity contribution >= 4 is 40.8 Å². The summed E-state index contributed by atoms with van der Waals surface area (Å²) >= 11 is 6.15. The van der Waals surface area contributed by atoms with Gasteiger partial charge in [0.1, 0.15) is 11.6 Å². The van der Waals surface area contributed by atoms with Gasteiger partial charge in [-0.2, -0.15) is 0 Å². The van der Waals surface area contributed by atoms with Crippen LogP contribution in [0.25, 0.3) is 0 Å². The molecule has 9 heteroatoms. The Morgan fingerprint density at radius 1 is 1.02 bits per heavy atom. The monoisotopic (exact) mass is 580 g/mol. The minimum absolute atomic E-state index is 0.105. The van der Waals surface area contributed by atoms with E-state index in [1.165, 1.54) is 24.3 Å². The van der Waals surface area contributed by atoms with E-state index in [2.05, 4.69) is 0 Å². The van der Waals surface area contributed by atoms with Gasteiger partial charge in [0.25, 0.3) is 5.91 Å². The van der Waals surface area contributed by atoms with Gasteiger partial charge in [-0.25, -0.2) is 9.18 Å². The van der Waals surface area contributed by atoms with Gasteiger partial charge in [0, 0.05) is 40.0 Å². The standard InChI is InChI=1S/C32H34ClFN2O5/c1-6-29(37)36(24-14-10-22(33)11-15-24)28-18-20(3)35(30(38)21-8-12-23(34)13-9-21)27-17-16-25(19-26(27)28)41-32(4,5)31(39)40-7-2/h8-17,19-20,28H,6-7,18H2,1-5H3/t20-,28+/m1/s1. The van der Waals surface area contributed by atoms with E-state index < -0.39 is 23.4 Å². The van der Waals surface area contributed by atoms with E-state index in [9.17, 15) is 18.8 Å². The van der Waals surface area contributed by atoms with Crippen molar-refractivity contribution in [3.8, 4) is 5.75 Å². The van der Waals surface area contributed by atoms with E-state index in [-0.39, 0.29) is 30.9 Å². The summed E-state index contributed by atoms with van der Waals surface area (Å²) in [5.41, 5.74) is 0.992. The van der Waals surface area contributed by atoms with Crippen LogP contribution in [0.15, 0.2) is 66.7 Å². The van der Waals surface area contributed by atoms with Crippen LogP contribution in [0.4, 0.5) is 15.8 Å². The Balaban J connectivity index is 1.85. The van der Waals surface area contributed by atoms with Crippen molar-refractivity contribution in [3.63, 3.8) is 0 Å². The number of hydrogen-bond acceptors (Lipinski definition) is 5. The zero-order valence-electron chi connectivity index (χ0n) is 23.8. The van der Waals surface area contributed by atoms with Gasteiger partial charge in [-0.15, -0.1) is 0 Å². The Morgan fingerprint density at radius 2 is 1.68 bits per heavy atom. The zero-order chi connectivity index (χ0) is 29.9. The average molecular weight is 581 g/mol. The number of amides is 2. The van der Waals surface area contributed by atoms with Gasteiger partial charge >= 0.3 is 5.97 Å². The van der Waals surface area contributed by atoms with E-state index in [1.54, 1.807) is 80.0 Å². The van der Waals surface area contributed by atoms with Gasteiger partial charge in [-0.1, -0.05) is 18.5 Å². The molecule has 0 fully saturated rings. The van der Waals surface area contributed by atoms with Gasteiger partial charge in [0.2, 0.25) is 5.91 Å². The number of hydrogen-bond donors (Lipinski definition) is 0. The van der Waals surface area contributed by atoms with Crippen LogP contribution < -0.4 is 14.5 Å². The van der Waals surface area contributed by atoms with Crippen LogP contribution in [0.1, 0.15) is 69.4 Å². The van der Waals surface area contributed by atoms with Gasteiger partial charge < -0.3 is 19.3 Å². The minimum Gasteiger partial charge on any atom is -0.476 e. The number of anilines is 2. The summed E-state index contributed by atoms with van der Waals surface area (Å²) in [5, 5.41) is 0.544. The second-order valence-corrected chi connectivity index (χ2v) is 10.9. The SMILES string of the molecule is CCOC(=O)C(C)(C)Oc1ccc2c(c1)[C@@H](N(C(=O)CC)c1ccc(Cl)cc1)C[C@@H](C)N2C(=O)c1ccc(F)cc1. The fraction of sp³-hybridized carbons (Fsp3) is 0.344. The number of nitrogens with zero attached hydrogens (tertiary/aromatic N) is 2. The molecule has 0 N–H and O–H groups in total. The number of benzene rings is 3. The summed E-state index contributed by atoms with van der Waals surface area (Å²) in [6.07, 6.45) is 0.673. The van der Waals surface area contributed by atoms with Crippen LogP contribution in [0.3, 0.4) is 0 Å². The van der Waals surface area contributed by atoms with Crippen molar-refractivity contribution in [2.75, 3.05) is 16.4 Å². The third kappa shape index (κ3) is 6.38. The Hall–Kier alpha value is -3.91. The van der Waals surface area contributed by atoms with Crippen molar-refractivity contribution < 1.29 is 28.2 Å². The van der Waals surface area contributed by atoms with E-state index in [4.69, 9.17) is 21.1 Å². The lowest BCUT2D eigenvalue weighted by Gasteiger charge is -2.44. The first-order valence-corrected chi connectivity index (χ1v) is 14.0. The highest BCUT2D eigenvalue weighted by Gasteiger charge is 2.40. The highest BCUT2D eigenvalue weighted by molar-refractivity contribution is 6.30. The molecule has 0 saturated heterocycles. The first-order valence-electron chi connectivity index (χ1n) is 13.6. The number of esters is 1. The maximum absolute atomic E-state index is 13.7. The fourth-order valence-electron chi connectivity index (χ4n) is 5.07. The van der Waals surface area contributed by atoms with Crippen molar-refractivity contribution in [2.24, 2.45) is 0 Å². The highest BCUT2D eigenvalue weighted by Crippen LogP contribution is 2.45. The van der Waals surface area contributed by atoms with E-state index in [0.29, 0.717) is 39.7 Å². The molecule has 0 bridgehead atoms. The lowest BCUT2D eigenvalue weighted by atomic mass is 9.89. The van der Waals surface area contributed by atoms with Crippen LogP contribution in [0.2, 0.25) is 5.02 Å². The second-order valence-electron chi connectivity index (χ2n) is 10.4. The van der Waals surface area contributed by atoms with E-state index >= 15 is 0 Å². The molecule has 4 rings (SSSR count). The Bertz CT molecular complexity index is 1430. The summed E-state index contributed by atoms with van der Waals surface area (Å²) < 4.78 is 24.9. The molecule has 7 nitrogen and oxygen atoms in total. The van der Waals surface area contributed by atoms with Crippen LogP contribution in [0, 0.1) is 5.82 Å². The topological polar surface area (TPSA) is 76.2 Å². The first kappa shape index (κ1) is 30.1. The molecule has 41 heavy (non-hydrogen) atoms. The summed E-state index contributed by atoms with van der Waals surface area (Å²) in [6.45, 7) is 8.89. The molecular weight excluding hydrogens is 547 g/mol. The lowest BCUT2D eigenvalue weighted by molar-refractivity contribution is -0.158. The molecule has 0 saturated carbocycles. The van der Waals surface area contributed by atoms with Crippen LogP contribution in [0.5, 0.6) is 5.75 Å². The molecule has 3 aromatic carbocycles. The molecule has 1 heterocycles. The normalized spacial score (nSPS) is 16.5. The van der Waals surface area contributed by atoms with Crippen molar-refractivity contribution in [1.82, 2.24) is 0 Å². The van der Waals surface area contributed by atoms with Gasteiger partial charge in [-0.05, 0) is 101 Å². The molecule has 3 aromatic rings. The summed E-state index contributed by atoms with van der Waals surface area (Å²) in [4.78, 5) is 43.1. The second kappa shape index (κ2) is 12.3. The number of carbonyl (C=O) groups excluding carboxylic acids is 3. The van der Waals surface area contributed by atoms with Crippen LogP contribution >= 0.6 is 11.6 Å². The lowest BCUT2D eigenvalue weighted by Crippen LogP contribution is -2.48. The molecule has 1 aliphatic rings. The number of fused-ring (bicyclic) bond motifs is 1. The van der Waals surface area contributed by atoms with Crippen LogP contribution in [-0.2, 0) is 14.3 Å². The quantitative estimate of drug-likeness (QED) is 0.265. The third-order valence-corrected chi connectivity index (χ3v) is 7.31. The highest BCUT2D eigenvalue weighted by atomic mass is 35.5. The summed E-state index contributed by atoms with van der Waals surface area (Å²) in [6, 6.07) is 16.9. The number of rotatable bonds is 8. The van der Waals surface area contributed by atoms with Gasteiger partial charge in [-0.3, -0.25) is 9.59 Å². The molecule has 0 spiro atoms. The maximum atomic E-state index is 13.7. The van der Waals surface area contributed by atoms with E-state index in [0.717, 1.165) is 0 Å². The van der Waals surface area contributed by atoms with Crippen molar-refractivity contribution in [2.45, 2.75) is 65.1 Å². The van der Waals surface area contributed by atoms with Crippen LogP contribution in [-0.4, -0.2) is 36.0 Å². The number of ether oxygens (including phenoxy) is 2. The van der Waals surface area contributed by atoms with Gasteiger partial charge in [0.05, 0.1) is 12.6 Å². The predicted molar refractivity (Wildman–Crippen MR) is 157 cm³/mol. The number of halogens is 2. The minimum atomic E-state index is -1.28. The predicted octanol–water partition coefficient (Wildman–Crippen LogP) is 7.12. The molecule has 2 atom stereocenters. The third-order valence-electron chi connectivity index (χ3n) is 7.06. The summed E-state index contributed by atoms with van der Waals surface area (Å²) in [7, 11) is 0.